The number of ether oxygens (including phenoxy) is 1. The van der Waals surface area contributed by atoms with Crippen LogP contribution in [0.2, 0.25) is 0 Å². The molecule has 1 aromatic rings. The summed E-state index contributed by atoms with van der Waals surface area (Å²) in [5.74, 6) is 1.55. The SMILES string of the molecule is Cc1nc(N(C)C)nc2c1COC[C@@]21CCN(C(=O)CCC(C)C)C1. The van der Waals surface area contributed by atoms with E-state index in [-0.39, 0.29) is 11.3 Å². The van der Waals surface area contributed by atoms with Gasteiger partial charge in [-0.1, -0.05) is 13.8 Å². The highest BCUT2D eigenvalue weighted by molar-refractivity contribution is 5.76. The number of carbonyl (C=O) groups is 1. The molecule has 138 valence electrons. The number of fused-ring (bicyclic) bond motifs is 2. The summed E-state index contributed by atoms with van der Waals surface area (Å²) >= 11 is 0. The highest BCUT2D eigenvalue weighted by Gasteiger charge is 2.46. The third-order valence-electron chi connectivity index (χ3n) is 5.37. The summed E-state index contributed by atoms with van der Waals surface area (Å²) in [7, 11) is 3.92. The molecule has 1 amide bonds. The van der Waals surface area contributed by atoms with Crippen molar-refractivity contribution in [1.82, 2.24) is 14.9 Å². The fourth-order valence-corrected chi connectivity index (χ4v) is 3.78. The van der Waals surface area contributed by atoms with Gasteiger partial charge in [-0.2, -0.15) is 0 Å². The minimum atomic E-state index is -0.181. The molecule has 0 N–H and O–H groups in total. The van der Waals surface area contributed by atoms with Gasteiger partial charge in [0.15, 0.2) is 0 Å². The normalized spacial score (nSPS) is 22.6. The second kappa shape index (κ2) is 6.90. The molecule has 0 aromatic carbocycles. The quantitative estimate of drug-likeness (QED) is 0.837. The van der Waals surface area contributed by atoms with Crippen LogP contribution in [0.1, 0.15) is 50.1 Å². The Bertz CT molecular complexity index is 659. The smallest absolute Gasteiger partial charge is 0.225 e. The van der Waals surface area contributed by atoms with Crippen molar-refractivity contribution in [3.05, 3.63) is 17.0 Å². The Kier molecular flexibility index (Phi) is 5.00. The van der Waals surface area contributed by atoms with Crippen molar-refractivity contribution in [2.45, 2.75) is 52.1 Å². The predicted octanol–water partition coefficient (Wildman–Crippen LogP) is 2.29. The number of aryl methyl sites for hydroxylation is 1. The largest absolute Gasteiger partial charge is 0.376 e. The number of aromatic nitrogens is 2. The molecule has 0 unspecified atom stereocenters. The number of carbonyl (C=O) groups excluding carboxylic acids is 1. The monoisotopic (exact) mass is 346 g/mol. The highest BCUT2D eigenvalue weighted by atomic mass is 16.5. The van der Waals surface area contributed by atoms with Gasteiger partial charge < -0.3 is 14.5 Å². The second-order valence-electron chi connectivity index (χ2n) is 8.10. The van der Waals surface area contributed by atoms with Gasteiger partial charge in [0.2, 0.25) is 11.9 Å². The van der Waals surface area contributed by atoms with Crippen molar-refractivity contribution >= 4 is 11.9 Å². The van der Waals surface area contributed by atoms with Gasteiger partial charge in [0.1, 0.15) is 0 Å². The molecule has 6 nitrogen and oxygen atoms in total. The molecule has 3 heterocycles. The van der Waals surface area contributed by atoms with E-state index in [1.54, 1.807) is 0 Å². The highest BCUT2D eigenvalue weighted by Crippen LogP contribution is 2.40. The summed E-state index contributed by atoms with van der Waals surface area (Å²) in [6, 6.07) is 0. The van der Waals surface area contributed by atoms with Crippen LogP contribution in [0, 0.1) is 12.8 Å². The first-order valence-corrected chi connectivity index (χ1v) is 9.23. The average Bonchev–Trinajstić information content (AvgIpc) is 2.98. The van der Waals surface area contributed by atoms with Crippen molar-refractivity contribution in [2.24, 2.45) is 5.92 Å². The van der Waals surface area contributed by atoms with Crippen LogP contribution in [0.3, 0.4) is 0 Å². The molecule has 1 atom stereocenters. The summed E-state index contributed by atoms with van der Waals surface area (Å²) in [5, 5.41) is 0. The molecule has 0 aliphatic carbocycles. The lowest BCUT2D eigenvalue weighted by molar-refractivity contribution is -0.130. The summed E-state index contributed by atoms with van der Waals surface area (Å²) in [4.78, 5) is 26.0. The molecule has 3 rings (SSSR count). The van der Waals surface area contributed by atoms with Crippen LogP contribution >= 0.6 is 0 Å². The van der Waals surface area contributed by atoms with Gasteiger partial charge in [-0.25, -0.2) is 9.97 Å². The minimum absolute atomic E-state index is 0.181. The third kappa shape index (κ3) is 3.50. The molecule has 1 spiro atoms. The Balaban J connectivity index is 1.86. The molecular formula is C19H30N4O2. The number of rotatable bonds is 4. The lowest BCUT2D eigenvalue weighted by Crippen LogP contribution is -2.42. The number of amides is 1. The fraction of sp³-hybridized carbons (Fsp3) is 0.737. The molecule has 1 saturated heterocycles. The molecule has 1 aromatic heterocycles. The first kappa shape index (κ1) is 18.1. The first-order valence-electron chi connectivity index (χ1n) is 9.23. The summed E-state index contributed by atoms with van der Waals surface area (Å²) < 4.78 is 5.91. The number of anilines is 1. The Labute approximate surface area is 150 Å². The van der Waals surface area contributed by atoms with E-state index < -0.39 is 0 Å². The van der Waals surface area contributed by atoms with Crippen LogP contribution < -0.4 is 4.90 Å². The van der Waals surface area contributed by atoms with Gasteiger partial charge in [0, 0.05) is 44.9 Å². The van der Waals surface area contributed by atoms with E-state index in [1.807, 2.05) is 30.8 Å². The Morgan fingerprint density at radius 1 is 1.36 bits per heavy atom. The Hall–Kier alpha value is -1.69. The second-order valence-corrected chi connectivity index (χ2v) is 8.10. The average molecular weight is 346 g/mol. The van der Waals surface area contributed by atoms with E-state index >= 15 is 0 Å². The molecule has 1 fully saturated rings. The Morgan fingerprint density at radius 3 is 2.80 bits per heavy atom. The van der Waals surface area contributed by atoms with E-state index in [0.717, 1.165) is 42.3 Å². The molecule has 6 heteroatoms. The van der Waals surface area contributed by atoms with Gasteiger partial charge in [-0.15, -0.1) is 0 Å². The third-order valence-corrected chi connectivity index (χ3v) is 5.37. The number of nitrogens with zero attached hydrogens (tertiary/aromatic N) is 4. The van der Waals surface area contributed by atoms with Gasteiger partial charge in [-0.05, 0) is 25.7 Å². The minimum Gasteiger partial charge on any atom is -0.376 e. The van der Waals surface area contributed by atoms with Gasteiger partial charge in [0.05, 0.1) is 24.3 Å². The standard InChI is InChI=1S/C19H30N4O2/c1-13(2)6-7-16(24)23-9-8-19(11-23)12-25-10-15-14(3)20-18(22(4)5)21-17(15)19/h13H,6-12H2,1-5H3/t19-/m0/s1. The molecule has 0 bridgehead atoms. The van der Waals surface area contributed by atoms with Crippen molar-refractivity contribution in [3.63, 3.8) is 0 Å². The van der Waals surface area contributed by atoms with E-state index in [4.69, 9.17) is 9.72 Å². The van der Waals surface area contributed by atoms with Crippen LogP contribution in [-0.2, 0) is 21.6 Å². The predicted molar refractivity (Wildman–Crippen MR) is 97.7 cm³/mol. The van der Waals surface area contributed by atoms with Crippen molar-refractivity contribution < 1.29 is 9.53 Å². The first-order chi connectivity index (χ1) is 11.8. The zero-order valence-electron chi connectivity index (χ0n) is 16.1. The summed E-state index contributed by atoms with van der Waals surface area (Å²) in [6.07, 6.45) is 2.49. The van der Waals surface area contributed by atoms with Gasteiger partial charge >= 0.3 is 0 Å². The summed E-state index contributed by atoms with van der Waals surface area (Å²) in [5.41, 5.74) is 3.00. The van der Waals surface area contributed by atoms with E-state index in [1.165, 1.54) is 0 Å². The van der Waals surface area contributed by atoms with Crippen LogP contribution in [0.5, 0.6) is 0 Å². The van der Waals surface area contributed by atoms with Crippen molar-refractivity contribution in [1.29, 1.82) is 0 Å². The number of hydrogen-bond acceptors (Lipinski definition) is 5. The van der Waals surface area contributed by atoms with Gasteiger partial charge in [0.25, 0.3) is 0 Å². The molecular weight excluding hydrogens is 316 g/mol. The fourth-order valence-electron chi connectivity index (χ4n) is 3.78. The van der Waals surface area contributed by atoms with E-state index in [2.05, 4.69) is 18.8 Å². The molecule has 2 aliphatic heterocycles. The van der Waals surface area contributed by atoms with Gasteiger partial charge in [-0.3, -0.25) is 4.79 Å². The van der Waals surface area contributed by atoms with Crippen LogP contribution in [-0.4, -0.2) is 54.6 Å². The maximum Gasteiger partial charge on any atom is 0.225 e. The maximum absolute atomic E-state index is 12.6. The van der Waals surface area contributed by atoms with Crippen LogP contribution in [0.4, 0.5) is 5.95 Å². The zero-order chi connectivity index (χ0) is 18.2. The van der Waals surface area contributed by atoms with Crippen molar-refractivity contribution in [3.8, 4) is 0 Å². The van der Waals surface area contributed by atoms with Crippen molar-refractivity contribution in [2.75, 3.05) is 38.7 Å². The Morgan fingerprint density at radius 2 is 2.12 bits per heavy atom. The number of likely N-dealkylation sites (tertiary alicyclic amines) is 1. The van der Waals surface area contributed by atoms with E-state index in [0.29, 0.717) is 32.1 Å². The molecule has 2 aliphatic rings. The lowest BCUT2D eigenvalue weighted by atomic mass is 9.80. The van der Waals surface area contributed by atoms with E-state index in [9.17, 15) is 4.79 Å². The maximum atomic E-state index is 12.6. The number of hydrogen-bond donors (Lipinski definition) is 0. The topological polar surface area (TPSA) is 58.6 Å². The van der Waals surface area contributed by atoms with Crippen LogP contribution in [0.25, 0.3) is 0 Å². The zero-order valence-corrected chi connectivity index (χ0v) is 16.1. The molecule has 0 radical (unpaired) electrons. The lowest BCUT2D eigenvalue weighted by Gasteiger charge is -2.35. The summed E-state index contributed by atoms with van der Waals surface area (Å²) in [6.45, 7) is 9.05. The van der Waals surface area contributed by atoms with Crippen LogP contribution in [0.15, 0.2) is 0 Å². The molecule has 0 saturated carbocycles. The molecule has 25 heavy (non-hydrogen) atoms.